The molecule has 1 saturated heterocycles. The van der Waals surface area contributed by atoms with Crippen LogP contribution in [0.1, 0.15) is 0 Å². The second-order valence-corrected chi connectivity index (χ2v) is 3.35. The van der Waals surface area contributed by atoms with Crippen molar-refractivity contribution < 1.29 is 29.2 Å². The van der Waals surface area contributed by atoms with Crippen LogP contribution in [0.25, 0.3) is 0 Å². The van der Waals surface area contributed by atoms with E-state index in [-0.39, 0.29) is 6.61 Å². The van der Waals surface area contributed by atoms with Crippen molar-refractivity contribution in [1.29, 1.82) is 0 Å². The number of aliphatic hydroxyl groups excluding tert-OH is 2. The molecule has 0 saturated carbocycles. The van der Waals surface area contributed by atoms with Crippen molar-refractivity contribution in [2.45, 2.75) is 30.7 Å². The van der Waals surface area contributed by atoms with Crippen molar-refractivity contribution >= 4 is 0 Å². The Morgan fingerprint density at radius 1 is 1.07 bits per heavy atom. The summed E-state index contributed by atoms with van der Waals surface area (Å²) in [6.07, 6.45) is -3.40. The number of hydrogen-bond acceptors (Lipinski definition) is 6. The van der Waals surface area contributed by atoms with Gasteiger partial charge < -0.3 is 29.2 Å². The Hall–Kier alpha value is -0.240. The second kappa shape index (κ2) is 5.74. The third-order valence-corrected chi connectivity index (χ3v) is 2.57. The maximum absolute atomic E-state index is 9.81. The number of hydrogen-bond donors (Lipinski definition) is 2. The third kappa shape index (κ3) is 2.47. The SMILES string of the molecule is COC1O[C@H](CO)[C@@H](OC)[C@H](OC)[C@H]1O. The highest BCUT2D eigenvalue weighted by Crippen LogP contribution is 2.25. The molecule has 1 aliphatic heterocycles. The van der Waals surface area contributed by atoms with Crippen molar-refractivity contribution in [3.63, 3.8) is 0 Å². The first-order valence-electron chi connectivity index (χ1n) is 4.72. The molecular formula is C9H18O6. The molecule has 15 heavy (non-hydrogen) atoms. The van der Waals surface area contributed by atoms with E-state index in [1.165, 1.54) is 21.3 Å². The van der Waals surface area contributed by atoms with E-state index < -0.39 is 30.7 Å². The molecule has 2 N–H and O–H groups in total. The average molecular weight is 222 g/mol. The van der Waals surface area contributed by atoms with Gasteiger partial charge in [-0.1, -0.05) is 0 Å². The summed E-state index contributed by atoms with van der Waals surface area (Å²) in [5, 5.41) is 18.9. The molecule has 0 aromatic carbocycles. The Balaban J connectivity index is 2.78. The molecule has 90 valence electrons. The summed E-state index contributed by atoms with van der Waals surface area (Å²) in [4.78, 5) is 0. The zero-order valence-corrected chi connectivity index (χ0v) is 9.12. The number of rotatable bonds is 4. The van der Waals surface area contributed by atoms with E-state index in [4.69, 9.17) is 24.1 Å². The molecule has 5 atom stereocenters. The van der Waals surface area contributed by atoms with E-state index in [0.717, 1.165) is 0 Å². The summed E-state index contributed by atoms with van der Waals surface area (Å²) < 4.78 is 20.5. The minimum Gasteiger partial charge on any atom is -0.394 e. The zero-order valence-electron chi connectivity index (χ0n) is 9.12. The summed E-state index contributed by atoms with van der Waals surface area (Å²) in [6.45, 7) is -0.217. The molecule has 1 heterocycles. The quantitative estimate of drug-likeness (QED) is 0.618. The van der Waals surface area contributed by atoms with Crippen LogP contribution in [0.3, 0.4) is 0 Å². The Kier molecular flexibility index (Phi) is 4.91. The van der Waals surface area contributed by atoms with Crippen molar-refractivity contribution in [3.8, 4) is 0 Å². The van der Waals surface area contributed by atoms with Gasteiger partial charge in [-0.2, -0.15) is 0 Å². The Bertz CT molecular complexity index is 187. The number of ether oxygens (including phenoxy) is 4. The fourth-order valence-electron chi connectivity index (χ4n) is 1.79. The summed E-state index contributed by atoms with van der Waals surface area (Å²) in [5.74, 6) is 0. The van der Waals surface area contributed by atoms with Crippen LogP contribution in [0.2, 0.25) is 0 Å². The van der Waals surface area contributed by atoms with Gasteiger partial charge in [0.25, 0.3) is 0 Å². The van der Waals surface area contributed by atoms with Crippen LogP contribution in [-0.2, 0) is 18.9 Å². The van der Waals surface area contributed by atoms with Crippen LogP contribution in [-0.4, -0.2) is 68.9 Å². The first-order chi connectivity index (χ1) is 7.19. The van der Waals surface area contributed by atoms with Gasteiger partial charge in [0.1, 0.15) is 24.4 Å². The molecule has 1 rings (SSSR count). The third-order valence-electron chi connectivity index (χ3n) is 2.57. The van der Waals surface area contributed by atoms with Gasteiger partial charge in [-0.3, -0.25) is 0 Å². The van der Waals surface area contributed by atoms with Crippen LogP contribution in [0, 0.1) is 0 Å². The van der Waals surface area contributed by atoms with Crippen LogP contribution in [0.5, 0.6) is 0 Å². The van der Waals surface area contributed by atoms with E-state index in [1.807, 2.05) is 0 Å². The summed E-state index contributed by atoms with van der Waals surface area (Å²) in [6, 6.07) is 0. The lowest BCUT2D eigenvalue weighted by atomic mass is 9.99. The predicted molar refractivity (Wildman–Crippen MR) is 50.4 cm³/mol. The highest BCUT2D eigenvalue weighted by molar-refractivity contribution is 4.90. The summed E-state index contributed by atoms with van der Waals surface area (Å²) >= 11 is 0. The van der Waals surface area contributed by atoms with Gasteiger partial charge >= 0.3 is 0 Å². The fraction of sp³-hybridized carbons (Fsp3) is 1.00. The Labute approximate surface area is 88.7 Å². The van der Waals surface area contributed by atoms with Crippen molar-refractivity contribution in [2.75, 3.05) is 27.9 Å². The van der Waals surface area contributed by atoms with Crippen LogP contribution in [0.4, 0.5) is 0 Å². The minimum atomic E-state index is -0.937. The van der Waals surface area contributed by atoms with Gasteiger partial charge in [0.05, 0.1) is 6.61 Å². The highest BCUT2D eigenvalue weighted by Gasteiger charge is 2.45. The van der Waals surface area contributed by atoms with Crippen LogP contribution in [0.15, 0.2) is 0 Å². The van der Waals surface area contributed by atoms with Crippen LogP contribution >= 0.6 is 0 Å². The highest BCUT2D eigenvalue weighted by atomic mass is 16.7. The van der Waals surface area contributed by atoms with Crippen molar-refractivity contribution in [2.24, 2.45) is 0 Å². The lowest BCUT2D eigenvalue weighted by molar-refractivity contribution is -0.301. The van der Waals surface area contributed by atoms with E-state index in [0.29, 0.717) is 0 Å². The van der Waals surface area contributed by atoms with Gasteiger partial charge in [0.15, 0.2) is 6.29 Å². The number of methoxy groups -OCH3 is 3. The maximum Gasteiger partial charge on any atom is 0.186 e. The first kappa shape index (κ1) is 12.8. The zero-order chi connectivity index (χ0) is 11.4. The molecule has 1 unspecified atom stereocenters. The summed E-state index contributed by atoms with van der Waals surface area (Å²) in [5.41, 5.74) is 0. The molecule has 6 nitrogen and oxygen atoms in total. The Morgan fingerprint density at radius 2 is 1.67 bits per heavy atom. The molecule has 6 heteroatoms. The maximum atomic E-state index is 9.81. The largest absolute Gasteiger partial charge is 0.394 e. The van der Waals surface area contributed by atoms with Gasteiger partial charge in [-0.25, -0.2) is 0 Å². The van der Waals surface area contributed by atoms with Crippen molar-refractivity contribution in [1.82, 2.24) is 0 Å². The predicted octanol–water partition coefficient (Wildman–Crippen LogP) is -1.26. The lowest BCUT2D eigenvalue weighted by Crippen LogP contribution is -2.60. The normalized spacial score (nSPS) is 41.8. The molecule has 0 aromatic heterocycles. The van der Waals surface area contributed by atoms with E-state index in [9.17, 15) is 5.11 Å². The number of aliphatic hydroxyl groups is 2. The van der Waals surface area contributed by atoms with Gasteiger partial charge in [0.2, 0.25) is 0 Å². The van der Waals surface area contributed by atoms with Gasteiger partial charge in [-0.15, -0.1) is 0 Å². The first-order valence-corrected chi connectivity index (χ1v) is 4.72. The van der Waals surface area contributed by atoms with E-state index in [1.54, 1.807) is 0 Å². The lowest BCUT2D eigenvalue weighted by Gasteiger charge is -2.42. The molecule has 0 bridgehead atoms. The monoisotopic (exact) mass is 222 g/mol. The molecule has 1 fully saturated rings. The summed E-state index contributed by atoms with van der Waals surface area (Å²) in [7, 11) is 4.36. The molecule has 1 aliphatic rings. The Morgan fingerprint density at radius 3 is 2.07 bits per heavy atom. The molecule has 0 spiro atoms. The molecule has 0 radical (unpaired) electrons. The second-order valence-electron chi connectivity index (χ2n) is 3.35. The van der Waals surface area contributed by atoms with Gasteiger partial charge in [0, 0.05) is 21.3 Å². The smallest absolute Gasteiger partial charge is 0.186 e. The van der Waals surface area contributed by atoms with Crippen molar-refractivity contribution in [3.05, 3.63) is 0 Å². The fourth-order valence-corrected chi connectivity index (χ4v) is 1.79. The standard InChI is InChI=1S/C9H18O6/c1-12-7-5(4-10)15-9(14-3)6(11)8(7)13-2/h5-11H,4H2,1-3H3/t5-,6-,7-,8-,9?/m1/s1. The topological polar surface area (TPSA) is 77.4 Å². The molecule has 0 aromatic rings. The van der Waals surface area contributed by atoms with E-state index >= 15 is 0 Å². The van der Waals surface area contributed by atoms with Crippen LogP contribution < -0.4 is 0 Å². The van der Waals surface area contributed by atoms with Gasteiger partial charge in [-0.05, 0) is 0 Å². The average Bonchev–Trinajstić information content (AvgIpc) is 2.28. The molecular weight excluding hydrogens is 204 g/mol. The molecule has 0 amide bonds. The molecule has 0 aliphatic carbocycles. The van der Waals surface area contributed by atoms with E-state index in [2.05, 4.69) is 0 Å². The minimum absolute atomic E-state index is 0.217.